The standard InChI is InChI=1S/C18H15N3O3/c1-24-14-9-7-12(8-10-14)16-19-11-15(18(22)23)17(21-16)20-13-5-3-2-4-6-13/h2-11H,1H3,(H,22,23)(H,19,20,21). The van der Waals surface area contributed by atoms with Crippen LogP contribution in [0.3, 0.4) is 0 Å². The van der Waals surface area contributed by atoms with Crippen LogP contribution in [-0.2, 0) is 0 Å². The van der Waals surface area contributed by atoms with E-state index >= 15 is 0 Å². The molecule has 2 aromatic carbocycles. The number of hydrogen-bond donors (Lipinski definition) is 2. The number of nitrogens with one attached hydrogen (secondary N) is 1. The van der Waals surface area contributed by atoms with Gasteiger partial charge in [0.05, 0.1) is 7.11 Å². The van der Waals surface area contributed by atoms with Crippen LogP contribution in [0.5, 0.6) is 5.75 Å². The van der Waals surface area contributed by atoms with E-state index in [0.29, 0.717) is 5.82 Å². The number of rotatable bonds is 5. The van der Waals surface area contributed by atoms with Gasteiger partial charge in [-0.15, -0.1) is 0 Å². The Labute approximate surface area is 138 Å². The van der Waals surface area contributed by atoms with Crippen molar-refractivity contribution in [1.29, 1.82) is 0 Å². The maximum Gasteiger partial charge on any atom is 0.341 e. The van der Waals surface area contributed by atoms with E-state index in [-0.39, 0.29) is 11.4 Å². The fourth-order valence-corrected chi connectivity index (χ4v) is 2.17. The first kappa shape index (κ1) is 15.5. The van der Waals surface area contributed by atoms with Gasteiger partial charge in [0.25, 0.3) is 0 Å². The summed E-state index contributed by atoms with van der Waals surface area (Å²) in [6.07, 6.45) is 1.31. The number of nitrogens with zero attached hydrogens (tertiary/aromatic N) is 2. The molecule has 6 heteroatoms. The van der Waals surface area contributed by atoms with Gasteiger partial charge in [0.15, 0.2) is 5.82 Å². The van der Waals surface area contributed by atoms with Gasteiger partial charge in [-0.05, 0) is 36.4 Å². The Balaban J connectivity index is 2.00. The number of carboxylic acid groups (broad SMARTS) is 1. The number of hydrogen-bond acceptors (Lipinski definition) is 5. The first-order valence-electron chi connectivity index (χ1n) is 7.24. The van der Waals surface area contributed by atoms with Crippen LogP contribution < -0.4 is 10.1 Å². The van der Waals surface area contributed by atoms with Gasteiger partial charge in [0.1, 0.15) is 17.1 Å². The molecule has 0 atom stereocenters. The number of para-hydroxylation sites is 1. The Morgan fingerprint density at radius 1 is 1.08 bits per heavy atom. The highest BCUT2D eigenvalue weighted by atomic mass is 16.5. The molecular formula is C18H15N3O3. The molecule has 2 N–H and O–H groups in total. The molecule has 3 rings (SSSR count). The molecule has 0 unspecified atom stereocenters. The molecule has 0 amide bonds. The first-order chi connectivity index (χ1) is 11.7. The van der Waals surface area contributed by atoms with Crippen molar-refractivity contribution in [2.24, 2.45) is 0 Å². The summed E-state index contributed by atoms with van der Waals surface area (Å²) in [4.78, 5) is 19.9. The number of benzene rings is 2. The van der Waals surface area contributed by atoms with Crippen LogP contribution in [0, 0.1) is 0 Å². The third kappa shape index (κ3) is 3.33. The summed E-state index contributed by atoms with van der Waals surface area (Å²) in [5.74, 6) is 0.314. The number of carboxylic acids is 1. The van der Waals surface area contributed by atoms with Crippen LogP contribution in [0.1, 0.15) is 10.4 Å². The summed E-state index contributed by atoms with van der Waals surface area (Å²) in [6.45, 7) is 0. The van der Waals surface area contributed by atoms with Gasteiger partial charge in [-0.1, -0.05) is 18.2 Å². The van der Waals surface area contributed by atoms with Crippen molar-refractivity contribution >= 4 is 17.5 Å². The third-order valence-electron chi connectivity index (χ3n) is 3.40. The molecule has 0 aliphatic rings. The topological polar surface area (TPSA) is 84.3 Å². The molecule has 1 heterocycles. The van der Waals surface area contributed by atoms with Gasteiger partial charge >= 0.3 is 5.97 Å². The summed E-state index contributed by atoms with van der Waals surface area (Å²) in [6, 6.07) is 16.5. The average Bonchev–Trinajstić information content (AvgIpc) is 2.62. The minimum Gasteiger partial charge on any atom is -0.497 e. The first-order valence-corrected chi connectivity index (χ1v) is 7.24. The van der Waals surface area contributed by atoms with E-state index in [2.05, 4.69) is 15.3 Å². The van der Waals surface area contributed by atoms with E-state index < -0.39 is 5.97 Å². The molecule has 120 valence electrons. The van der Waals surface area contributed by atoms with Crippen LogP contribution in [0.2, 0.25) is 0 Å². The second-order valence-corrected chi connectivity index (χ2v) is 4.98. The molecule has 24 heavy (non-hydrogen) atoms. The number of carbonyl (C=O) groups is 1. The maximum absolute atomic E-state index is 11.4. The third-order valence-corrected chi connectivity index (χ3v) is 3.40. The summed E-state index contributed by atoms with van der Waals surface area (Å²) in [5, 5.41) is 12.4. The van der Waals surface area contributed by atoms with Crippen LogP contribution >= 0.6 is 0 Å². The second kappa shape index (κ2) is 6.78. The minimum absolute atomic E-state index is 0.0103. The lowest BCUT2D eigenvalue weighted by Gasteiger charge is -2.10. The smallest absolute Gasteiger partial charge is 0.341 e. The molecule has 0 radical (unpaired) electrons. The fraction of sp³-hybridized carbons (Fsp3) is 0.0556. The van der Waals surface area contributed by atoms with E-state index in [4.69, 9.17) is 4.74 Å². The number of anilines is 2. The zero-order chi connectivity index (χ0) is 16.9. The van der Waals surface area contributed by atoms with Crippen molar-refractivity contribution < 1.29 is 14.6 Å². The van der Waals surface area contributed by atoms with Crippen LogP contribution in [-0.4, -0.2) is 28.2 Å². The second-order valence-electron chi connectivity index (χ2n) is 4.98. The van der Waals surface area contributed by atoms with E-state index in [1.807, 2.05) is 42.5 Å². The fourth-order valence-electron chi connectivity index (χ4n) is 2.17. The van der Waals surface area contributed by atoms with Crippen molar-refractivity contribution in [3.05, 3.63) is 66.4 Å². The quantitative estimate of drug-likeness (QED) is 0.747. The Morgan fingerprint density at radius 2 is 1.79 bits per heavy atom. The van der Waals surface area contributed by atoms with E-state index in [0.717, 1.165) is 17.0 Å². The van der Waals surface area contributed by atoms with Crippen molar-refractivity contribution in [3.63, 3.8) is 0 Å². The van der Waals surface area contributed by atoms with Gasteiger partial charge in [0, 0.05) is 17.4 Å². The Morgan fingerprint density at radius 3 is 2.42 bits per heavy atom. The summed E-state index contributed by atoms with van der Waals surface area (Å²) >= 11 is 0. The maximum atomic E-state index is 11.4. The Hall–Kier alpha value is -3.41. The van der Waals surface area contributed by atoms with Gasteiger partial charge in [0.2, 0.25) is 0 Å². The normalized spacial score (nSPS) is 10.2. The largest absolute Gasteiger partial charge is 0.497 e. The van der Waals surface area contributed by atoms with Gasteiger partial charge in [-0.3, -0.25) is 0 Å². The number of aromatic nitrogens is 2. The monoisotopic (exact) mass is 321 g/mol. The highest BCUT2D eigenvalue weighted by Crippen LogP contribution is 2.24. The molecule has 0 saturated carbocycles. The molecular weight excluding hydrogens is 306 g/mol. The molecule has 0 aliphatic heterocycles. The molecule has 0 spiro atoms. The van der Waals surface area contributed by atoms with Gasteiger partial charge in [-0.25, -0.2) is 14.8 Å². The highest BCUT2D eigenvalue weighted by Gasteiger charge is 2.14. The lowest BCUT2D eigenvalue weighted by Crippen LogP contribution is -2.07. The molecule has 0 fully saturated rings. The van der Waals surface area contributed by atoms with Crippen LogP contribution in [0.25, 0.3) is 11.4 Å². The molecule has 0 bridgehead atoms. The van der Waals surface area contributed by atoms with Crippen molar-refractivity contribution in [2.45, 2.75) is 0 Å². The number of aromatic carboxylic acids is 1. The van der Waals surface area contributed by atoms with Crippen molar-refractivity contribution in [2.75, 3.05) is 12.4 Å². The molecule has 0 aliphatic carbocycles. The van der Waals surface area contributed by atoms with Crippen molar-refractivity contribution in [3.8, 4) is 17.1 Å². The van der Waals surface area contributed by atoms with Crippen molar-refractivity contribution in [1.82, 2.24) is 9.97 Å². The van der Waals surface area contributed by atoms with Crippen LogP contribution in [0.15, 0.2) is 60.8 Å². The predicted molar refractivity (Wildman–Crippen MR) is 90.7 cm³/mol. The SMILES string of the molecule is COc1ccc(-c2ncc(C(=O)O)c(Nc3ccccc3)n2)cc1. The molecule has 6 nitrogen and oxygen atoms in total. The lowest BCUT2D eigenvalue weighted by atomic mass is 10.2. The highest BCUT2D eigenvalue weighted by molar-refractivity contribution is 5.94. The molecule has 3 aromatic rings. The Kier molecular flexibility index (Phi) is 4.38. The molecule has 0 saturated heterocycles. The Bertz CT molecular complexity index is 849. The van der Waals surface area contributed by atoms with Crippen LogP contribution in [0.4, 0.5) is 11.5 Å². The van der Waals surface area contributed by atoms with Gasteiger partial charge in [-0.2, -0.15) is 0 Å². The lowest BCUT2D eigenvalue weighted by molar-refractivity contribution is 0.0697. The summed E-state index contributed by atoms with van der Waals surface area (Å²) in [5.41, 5.74) is 1.53. The van der Waals surface area contributed by atoms with E-state index in [9.17, 15) is 9.90 Å². The van der Waals surface area contributed by atoms with Gasteiger partial charge < -0.3 is 15.2 Å². The zero-order valence-electron chi connectivity index (χ0n) is 12.9. The predicted octanol–water partition coefficient (Wildman–Crippen LogP) is 3.59. The zero-order valence-corrected chi connectivity index (χ0v) is 12.9. The van der Waals surface area contributed by atoms with E-state index in [1.165, 1.54) is 6.20 Å². The van der Waals surface area contributed by atoms with E-state index in [1.54, 1.807) is 19.2 Å². The minimum atomic E-state index is -1.09. The molecule has 1 aromatic heterocycles. The number of methoxy groups -OCH3 is 1. The average molecular weight is 321 g/mol. The summed E-state index contributed by atoms with van der Waals surface area (Å²) in [7, 11) is 1.59. The summed E-state index contributed by atoms with van der Waals surface area (Å²) < 4.78 is 5.13. The number of ether oxygens (including phenoxy) is 1.